The van der Waals surface area contributed by atoms with Gasteiger partial charge in [0.05, 0.1) is 6.10 Å². The van der Waals surface area contributed by atoms with E-state index < -0.39 is 0 Å². The molecule has 0 heterocycles. The fraction of sp³-hybridized carbons (Fsp3) is 0.600. The van der Waals surface area contributed by atoms with E-state index in [0.29, 0.717) is 5.92 Å². The van der Waals surface area contributed by atoms with Crippen LogP contribution in [0.1, 0.15) is 49.1 Å². The molecule has 0 saturated heterocycles. The Balaban J connectivity index is 1.96. The van der Waals surface area contributed by atoms with E-state index in [0.717, 1.165) is 38.6 Å². The van der Waals surface area contributed by atoms with Crippen molar-refractivity contribution in [3.8, 4) is 0 Å². The normalized spacial score (nSPS) is 24.8. The Morgan fingerprint density at radius 2 is 1.94 bits per heavy atom. The van der Waals surface area contributed by atoms with Crippen molar-refractivity contribution in [1.82, 2.24) is 0 Å². The molecule has 2 rings (SSSR count). The molecule has 2 nitrogen and oxygen atoms in total. The lowest BCUT2D eigenvalue weighted by Gasteiger charge is -2.26. The number of aliphatic hydroxyl groups excluding tert-OH is 1. The second-order valence-electron chi connectivity index (χ2n) is 5.15. The van der Waals surface area contributed by atoms with Gasteiger partial charge in [0.2, 0.25) is 0 Å². The monoisotopic (exact) mass is 233 g/mol. The molecule has 1 aliphatic carbocycles. The number of aliphatic hydroxyl groups is 1. The number of hydrogen-bond donors (Lipinski definition) is 2. The van der Waals surface area contributed by atoms with Gasteiger partial charge in [-0.3, -0.25) is 0 Å². The van der Waals surface area contributed by atoms with E-state index in [1.165, 1.54) is 17.5 Å². The van der Waals surface area contributed by atoms with E-state index >= 15 is 0 Å². The zero-order valence-corrected chi connectivity index (χ0v) is 10.4. The standard InChI is InChI=1S/C15H23NO/c16-10-2-3-12-6-8-13(9-7-12)14-4-1-5-15(17)11-14/h6-9,14-15,17H,1-5,10-11,16H2. The molecular formula is C15H23NO. The number of aryl methyl sites for hydroxylation is 1. The lowest BCUT2D eigenvalue weighted by atomic mass is 9.82. The van der Waals surface area contributed by atoms with Gasteiger partial charge in [0.15, 0.2) is 0 Å². The smallest absolute Gasteiger partial charge is 0.0546 e. The van der Waals surface area contributed by atoms with Gasteiger partial charge in [0.25, 0.3) is 0 Å². The van der Waals surface area contributed by atoms with Gasteiger partial charge in [-0.2, -0.15) is 0 Å². The van der Waals surface area contributed by atoms with Crippen LogP contribution in [0.5, 0.6) is 0 Å². The van der Waals surface area contributed by atoms with Crippen LogP contribution in [0, 0.1) is 0 Å². The first-order valence-electron chi connectivity index (χ1n) is 6.76. The van der Waals surface area contributed by atoms with Gasteiger partial charge >= 0.3 is 0 Å². The van der Waals surface area contributed by atoms with Crippen molar-refractivity contribution in [2.24, 2.45) is 5.73 Å². The van der Waals surface area contributed by atoms with Crippen molar-refractivity contribution in [1.29, 1.82) is 0 Å². The molecular weight excluding hydrogens is 210 g/mol. The maximum atomic E-state index is 9.70. The van der Waals surface area contributed by atoms with E-state index in [4.69, 9.17) is 5.73 Å². The molecule has 3 N–H and O–H groups in total. The van der Waals surface area contributed by atoms with Gasteiger partial charge in [-0.15, -0.1) is 0 Å². The minimum absolute atomic E-state index is 0.0920. The molecule has 0 aromatic heterocycles. The highest BCUT2D eigenvalue weighted by Crippen LogP contribution is 2.32. The van der Waals surface area contributed by atoms with Crippen LogP contribution in [-0.2, 0) is 6.42 Å². The highest BCUT2D eigenvalue weighted by molar-refractivity contribution is 5.26. The topological polar surface area (TPSA) is 46.2 Å². The largest absolute Gasteiger partial charge is 0.393 e. The zero-order chi connectivity index (χ0) is 12.1. The van der Waals surface area contributed by atoms with Crippen molar-refractivity contribution in [2.45, 2.75) is 50.5 Å². The molecule has 0 radical (unpaired) electrons. The van der Waals surface area contributed by atoms with Gasteiger partial charge in [-0.25, -0.2) is 0 Å². The third-order valence-corrected chi connectivity index (χ3v) is 3.77. The molecule has 94 valence electrons. The second-order valence-corrected chi connectivity index (χ2v) is 5.15. The van der Waals surface area contributed by atoms with E-state index in [1.807, 2.05) is 0 Å². The summed E-state index contributed by atoms with van der Waals surface area (Å²) in [6.45, 7) is 0.760. The lowest BCUT2D eigenvalue weighted by Crippen LogP contribution is -2.18. The van der Waals surface area contributed by atoms with Gasteiger partial charge in [-0.05, 0) is 55.7 Å². The van der Waals surface area contributed by atoms with E-state index in [9.17, 15) is 5.11 Å². The molecule has 1 saturated carbocycles. The summed E-state index contributed by atoms with van der Waals surface area (Å²) in [6.07, 6.45) is 6.32. The molecule has 17 heavy (non-hydrogen) atoms. The SMILES string of the molecule is NCCCc1ccc(C2CCCC(O)C2)cc1. The predicted molar refractivity (Wildman–Crippen MR) is 71.0 cm³/mol. The highest BCUT2D eigenvalue weighted by atomic mass is 16.3. The van der Waals surface area contributed by atoms with Gasteiger partial charge in [0.1, 0.15) is 0 Å². The maximum Gasteiger partial charge on any atom is 0.0546 e. The summed E-state index contributed by atoms with van der Waals surface area (Å²) < 4.78 is 0. The third-order valence-electron chi connectivity index (χ3n) is 3.77. The van der Waals surface area contributed by atoms with Crippen molar-refractivity contribution in [2.75, 3.05) is 6.54 Å². The molecule has 1 fully saturated rings. The minimum atomic E-state index is -0.0920. The van der Waals surface area contributed by atoms with E-state index in [1.54, 1.807) is 0 Å². The number of rotatable bonds is 4. The Morgan fingerprint density at radius 1 is 1.18 bits per heavy atom. The molecule has 0 bridgehead atoms. The Kier molecular flexibility index (Phi) is 4.57. The zero-order valence-electron chi connectivity index (χ0n) is 10.4. The summed E-state index contributed by atoms with van der Waals surface area (Å²) in [5.74, 6) is 0.558. The molecule has 0 aliphatic heterocycles. The fourth-order valence-corrected chi connectivity index (χ4v) is 2.73. The average Bonchev–Trinajstić information content (AvgIpc) is 2.37. The molecule has 0 amide bonds. The second kappa shape index (κ2) is 6.18. The quantitative estimate of drug-likeness (QED) is 0.839. The number of benzene rings is 1. The molecule has 0 spiro atoms. The Morgan fingerprint density at radius 3 is 2.59 bits per heavy atom. The fourth-order valence-electron chi connectivity index (χ4n) is 2.73. The van der Waals surface area contributed by atoms with Gasteiger partial charge in [-0.1, -0.05) is 30.7 Å². The summed E-state index contributed by atoms with van der Waals surface area (Å²) in [7, 11) is 0. The van der Waals surface area contributed by atoms with Crippen LogP contribution in [-0.4, -0.2) is 17.8 Å². The third kappa shape index (κ3) is 3.55. The van der Waals surface area contributed by atoms with Crippen molar-refractivity contribution in [3.05, 3.63) is 35.4 Å². The van der Waals surface area contributed by atoms with Gasteiger partial charge in [0, 0.05) is 0 Å². The van der Waals surface area contributed by atoms with Crippen LogP contribution in [0.3, 0.4) is 0 Å². The number of nitrogens with two attached hydrogens (primary N) is 1. The Hall–Kier alpha value is -0.860. The average molecular weight is 233 g/mol. The highest BCUT2D eigenvalue weighted by Gasteiger charge is 2.21. The van der Waals surface area contributed by atoms with Crippen LogP contribution < -0.4 is 5.73 Å². The molecule has 1 aliphatic rings. The van der Waals surface area contributed by atoms with Crippen LogP contribution >= 0.6 is 0 Å². The first-order valence-corrected chi connectivity index (χ1v) is 6.76. The van der Waals surface area contributed by atoms with Crippen LogP contribution in [0.2, 0.25) is 0 Å². The lowest BCUT2D eigenvalue weighted by molar-refractivity contribution is 0.119. The van der Waals surface area contributed by atoms with Crippen LogP contribution in [0.4, 0.5) is 0 Å². The predicted octanol–water partition coefficient (Wildman–Crippen LogP) is 2.60. The first kappa shape index (κ1) is 12.6. The van der Waals surface area contributed by atoms with Crippen molar-refractivity contribution < 1.29 is 5.11 Å². The minimum Gasteiger partial charge on any atom is -0.393 e. The summed E-state index contributed by atoms with van der Waals surface area (Å²) in [4.78, 5) is 0. The van der Waals surface area contributed by atoms with Crippen LogP contribution in [0.25, 0.3) is 0 Å². The molecule has 2 heteroatoms. The van der Waals surface area contributed by atoms with Crippen molar-refractivity contribution >= 4 is 0 Å². The molecule has 1 aromatic rings. The summed E-state index contributed by atoms with van der Waals surface area (Å²) in [6, 6.07) is 8.89. The summed E-state index contributed by atoms with van der Waals surface area (Å²) in [5, 5.41) is 9.70. The maximum absolute atomic E-state index is 9.70. The molecule has 2 unspecified atom stereocenters. The summed E-state index contributed by atoms with van der Waals surface area (Å²) >= 11 is 0. The van der Waals surface area contributed by atoms with E-state index in [-0.39, 0.29) is 6.10 Å². The van der Waals surface area contributed by atoms with Crippen molar-refractivity contribution in [3.63, 3.8) is 0 Å². The molecule has 1 aromatic carbocycles. The number of hydrogen-bond acceptors (Lipinski definition) is 2. The Labute approximate surface area is 104 Å². The summed E-state index contributed by atoms with van der Waals surface area (Å²) in [5.41, 5.74) is 8.27. The molecule has 2 atom stereocenters. The first-order chi connectivity index (χ1) is 8.29. The van der Waals surface area contributed by atoms with E-state index in [2.05, 4.69) is 24.3 Å². The van der Waals surface area contributed by atoms with Crippen LogP contribution in [0.15, 0.2) is 24.3 Å². The van der Waals surface area contributed by atoms with Gasteiger partial charge < -0.3 is 10.8 Å². The Bertz CT molecular complexity index is 333.